The van der Waals surface area contributed by atoms with E-state index in [2.05, 4.69) is 0 Å². The van der Waals surface area contributed by atoms with Gasteiger partial charge < -0.3 is 9.15 Å². The van der Waals surface area contributed by atoms with Crippen LogP contribution in [0.2, 0.25) is 5.02 Å². The number of amides is 1. The van der Waals surface area contributed by atoms with Gasteiger partial charge in [-0.15, -0.1) is 0 Å². The van der Waals surface area contributed by atoms with E-state index >= 15 is 0 Å². The average Bonchev–Trinajstić information content (AvgIpc) is 3.41. The topological polar surface area (TPSA) is 103 Å². The molecule has 1 amide bonds. The highest BCUT2D eigenvalue weighted by atomic mass is 35.5. The van der Waals surface area contributed by atoms with Crippen LogP contribution in [0.1, 0.15) is 16.1 Å². The molecule has 0 N–H and O–H groups in total. The van der Waals surface area contributed by atoms with Crippen LogP contribution < -0.4 is 4.90 Å². The molecule has 1 aliphatic heterocycles. The van der Waals surface area contributed by atoms with Gasteiger partial charge in [-0.2, -0.15) is 0 Å². The molecule has 1 aliphatic rings. The van der Waals surface area contributed by atoms with Crippen LogP contribution in [0.5, 0.6) is 0 Å². The van der Waals surface area contributed by atoms with Crippen molar-refractivity contribution < 1.29 is 23.7 Å². The Morgan fingerprint density at radius 3 is 2.74 bits per heavy atom. The normalized spacial score (nSPS) is 13.6. The summed E-state index contributed by atoms with van der Waals surface area (Å²) in [4.78, 5) is 36.5. The number of benzene rings is 2. The first-order chi connectivity index (χ1) is 14.9. The van der Waals surface area contributed by atoms with E-state index in [1.165, 1.54) is 35.3 Å². The molecule has 0 unspecified atom stereocenters. The third-order valence-electron chi connectivity index (χ3n) is 4.65. The van der Waals surface area contributed by atoms with Crippen molar-refractivity contribution in [3.05, 3.63) is 87.1 Å². The number of hydrogen-bond acceptors (Lipinski definition) is 6. The molecule has 31 heavy (non-hydrogen) atoms. The molecule has 156 valence electrons. The minimum Gasteiger partial charge on any atom is -0.456 e. The fraction of sp³-hybridized carbons (Fsp3) is 0.0909. The molecule has 0 bridgehead atoms. The van der Waals surface area contributed by atoms with Crippen molar-refractivity contribution in [2.24, 2.45) is 0 Å². The number of nitro benzene ring substituents is 1. The number of hydrogen-bond donors (Lipinski definition) is 0. The highest BCUT2D eigenvalue weighted by molar-refractivity contribution is 6.30. The third-order valence-corrected chi connectivity index (χ3v) is 4.89. The van der Waals surface area contributed by atoms with E-state index in [0.717, 1.165) is 0 Å². The number of carbonyl (C=O) groups excluding carboxylic acids is 2. The highest BCUT2D eigenvalue weighted by Gasteiger charge is 2.24. The fourth-order valence-electron chi connectivity index (χ4n) is 3.16. The zero-order valence-corrected chi connectivity index (χ0v) is 16.7. The summed E-state index contributed by atoms with van der Waals surface area (Å²) in [7, 11) is 0. The zero-order valence-electron chi connectivity index (χ0n) is 16.0. The van der Waals surface area contributed by atoms with E-state index in [4.69, 9.17) is 20.8 Å². The molecule has 0 radical (unpaired) electrons. The van der Waals surface area contributed by atoms with E-state index in [0.29, 0.717) is 30.2 Å². The molecule has 1 aromatic heterocycles. The second-order valence-corrected chi connectivity index (χ2v) is 7.07. The summed E-state index contributed by atoms with van der Waals surface area (Å²) < 4.78 is 10.6. The molecule has 1 saturated heterocycles. The maximum atomic E-state index is 12.6. The fourth-order valence-corrected chi connectivity index (χ4v) is 3.33. The molecule has 9 heteroatoms. The molecule has 1 fully saturated rings. The van der Waals surface area contributed by atoms with Crippen molar-refractivity contribution in [2.45, 2.75) is 0 Å². The Kier molecular flexibility index (Phi) is 5.55. The Hall–Kier alpha value is -3.91. The van der Waals surface area contributed by atoms with Gasteiger partial charge in [-0.25, -0.2) is 4.79 Å². The minimum atomic E-state index is -0.536. The number of carbonyl (C=O) groups is 2. The molecule has 4 rings (SSSR count). The van der Waals surface area contributed by atoms with Crippen LogP contribution in [0.4, 0.5) is 16.2 Å². The third kappa shape index (κ3) is 4.34. The summed E-state index contributed by atoms with van der Waals surface area (Å²) in [5, 5.41) is 11.5. The maximum absolute atomic E-state index is 12.6. The highest BCUT2D eigenvalue weighted by Crippen LogP contribution is 2.33. The summed E-state index contributed by atoms with van der Waals surface area (Å²) in [6.45, 7) is 0.738. The Bertz CT molecular complexity index is 1220. The van der Waals surface area contributed by atoms with Crippen LogP contribution in [0.3, 0.4) is 0 Å². The summed E-state index contributed by atoms with van der Waals surface area (Å²) >= 11 is 5.84. The summed E-state index contributed by atoms with van der Waals surface area (Å²) in [5.41, 5.74) is 1.09. The number of ketones is 1. The van der Waals surface area contributed by atoms with Crippen molar-refractivity contribution in [2.75, 3.05) is 18.1 Å². The molecule has 0 aliphatic carbocycles. The number of cyclic esters (lactones) is 1. The molecule has 8 nitrogen and oxygen atoms in total. The largest absolute Gasteiger partial charge is 0.456 e. The lowest BCUT2D eigenvalue weighted by atomic mass is 10.1. The predicted molar refractivity (Wildman–Crippen MR) is 114 cm³/mol. The van der Waals surface area contributed by atoms with Crippen LogP contribution in [-0.2, 0) is 4.74 Å². The van der Waals surface area contributed by atoms with Crippen LogP contribution in [0, 0.1) is 10.1 Å². The van der Waals surface area contributed by atoms with Gasteiger partial charge in [0.15, 0.2) is 5.78 Å². The van der Waals surface area contributed by atoms with Gasteiger partial charge in [0.1, 0.15) is 18.1 Å². The number of ether oxygens (including phenoxy) is 1. The lowest BCUT2D eigenvalue weighted by molar-refractivity contribution is -0.384. The number of nitrogens with zero attached hydrogens (tertiary/aromatic N) is 2. The number of rotatable bonds is 6. The number of nitro groups is 1. The van der Waals surface area contributed by atoms with Crippen LogP contribution >= 0.6 is 11.6 Å². The van der Waals surface area contributed by atoms with Crippen LogP contribution in [0.25, 0.3) is 17.4 Å². The predicted octanol–water partition coefficient (Wildman–Crippen LogP) is 5.36. The first-order valence-electron chi connectivity index (χ1n) is 9.23. The number of furan rings is 1. The van der Waals surface area contributed by atoms with E-state index < -0.39 is 11.0 Å². The van der Waals surface area contributed by atoms with E-state index in [1.807, 2.05) is 0 Å². The van der Waals surface area contributed by atoms with E-state index in [9.17, 15) is 19.7 Å². The van der Waals surface area contributed by atoms with Gasteiger partial charge in [0.05, 0.1) is 17.0 Å². The van der Waals surface area contributed by atoms with Gasteiger partial charge in [0.25, 0.3) is 5.69 Å². The molecule has 2 heterocycles. The lowest BCUT2D eigenvalue weighted by Gasteiger charge is -2.13. The quantitative estimate of drug-likeness (QED) is 0.222. The molecule has 0 atom stereocenters. The Morgan fingerprint density at radius 2 is 2.00 bits per heavy atom. The zero-order chi connectivity index (χ0) is 22.0. The molecular weight excluding hydrogens is 424 g/mol. The SMILES string of the molecule is O=C(/C=C/c1ccc(-c2ccc(Cl)cc2[N+](=O)[O-])o1)c1cccc(N2CCOC2=O)c1. The molecule has 2 aromatic carbocycles. The van der Waals surface area contributed by atoms with Crippen LogP contribution in [0.15, 0.2) is 65.1 Å². The first kappa shape index (κ1) is 20.4. The van der Waals surface area contributed by atoms with Gasteiger partial charge in [-0.3, -0.25) is 19.8 Å². The minimum absolute atomic E-state index is 0.175. The second kappa shape index (κ2) is 8.45. The smallest absolute Gasteiger partial charge is 0.414 e. The van der Waals surface area contributed by atoms with Crippen molar-refractivity contribution >= 4 is 40.9 Å². The van der Waals surface area contributed by atoms with Crippen LogP contribution in [-0.4, -0.2) is 30.0 Å². The molecular formula is C22H15ClN2O6. The molecule has 0 spiro atoms. The second-order valence-electron chi connectivity index (χ2n) is 6.63. The van der Waals surface area contributed by atoms with Gasteiger partial charge in [0.2, 0.25) is 0 Å². The molecule has 3 aromatic rings. The van der Waals surface area contributed by atoms with Gasteiger partial charge in [-0.1, -0.05) is 23.7 Å². The first-order valence-corrected chi connectivity index (χ1v) is 9.61. The summed E-state index contributed by atoms with van der Waals surface area (Å²) in [6.07, 6.45) is 2.37. The van der Waals surface area contributed by atoms with Crippen molar-refractivity contribution in [1.82, 2.24) is 0 Å². The standard InChI is InChI=1S/C22H15ClN2O6/c23-15-4-7-18(19(13-15)25(28)29)21-9-6-17(31-21)5-8-20(26)14-2-1-3-16(12-14)24-10-11-30-22(24)27/h1-9,12-13H,10-11H2/b8-5+. The lowest BCUT2D eigenvalue weighted by Crippen LogP contribution is -2.23. The summed E-state index contributed by atoms with van der Waals surface area (Å²) in [6, 6.07) is 14.2. The Balaban J connectivity index is 1.53. The van der Waals surface area contributed by atoms with Gasteiger partial charge >= 0.3 is 6.09 Å². The van der Waals surface area contributed by atoms with E-state index in [-0.39, 0.29) is 27.8 Å². The number of allylic oxidation sites excluding steroid dienone is 1. The van der Waals surface area contributed by atoms with Crippen molar-refractivity contribution in [1.29, 1.82) is 0 Å². The number of halogens is 1. The maximum Gasteiger partial charge on any atom is 0.414 e. The van der Waals surface area contributed by atoms with Crippen molar-refractivity contribution in [3.8, 4) is 11.3 Å². The van der Waals surface area contributed by atoms with E-state index in [1.54, 1.807) is 36.4 Å². The number of anilines is 1. The van der Waals surface area contributed by atoms with Crippen molar-refractivity contribution in [3.63, 3.8) is 0 Å². The summed E-state index contributed by atoms with van der Waals surface area (Å²) in [5.74, 6) is 0.349. The Labute approximate surface area is 181 Å². The Morgan fingerprint density at radius 1 is 1.16 bits per heavy atom. The monoisotopic (exact) mass is 438 g/mol. The average molecular weight is 439 g/mol. The van der Waals surface area contributed by atoms with Gasteiger partial charge in [0, 0.05) is 22.3 Å². The van der Waals surface area contributed by atoms with Gasteiger partial charge in [-0.05, 0) is 48.6 Å². The molecule has 0 saturated carbocycles.